The summed E-state index contributed by atoms with van der Waals surface area (Å²) in [6.45, 7) is 5.91. The molecule has 4 nitrogen and oxygen atoms in total. The molecule has 0 aliphatic heterocycles. The van der Waals surface area contributed by atoms with Crippen molar-refractivity contribution in [3.05, 3.63) is 24.3 Å². The van der Waals surface area contributed by atoms with Gasteiger partial charge in [-0.05, 0) is 64.2 Å². The van der Waals surface area contributed by atoms with Crippen LogP contribution in [0.4, 0.5) is 4.79 Å². The van der Waals surface area contributed by atoms with Crippen LogP contribution in [0.1, 0.15) is 194 Å². The second kappa shape index (κ2) is 34.9. The van der Waals surface area contributed by atoms with Gasteiger partial charge in [0.2, 0.25) is 0 Å². The number of hydrogen-bond donors (Lipinski definition) is 2. The molecule has 0 rings (SSSR count). The van der Waals surface area contributed by atoms with Gasteiger partial charge in [-0.25, -0.2) is 15.2 Å². The number of nitrogens with zero attached hydrogens (tertiary/aromatic N) is 1. The number of hydrogen-bond acceptors (Lipinski definition) is 2. The van der Waals surface area contributed by atoms with Crippen LogP contribution >= 0.6 is 0 Å². The summed E-state index contributed by atoms with van der Waals surface area (Å²) >= 11 is 0. The fourth-order valence-corrected chi connectivity index (χ4v) is 5.35. The van der Waals surface area contributed by atoms with Gasteiger partial charge in [0, 0.05) is 13.1 Å². The number of carboxylic acid groups (broad SMARTS) is 1. The number of amides is 1. The molecule has 0 aliphatic carbocycles. The molecule has 0 heterocycles. The molecule has 0 aromatic carbocycles. The van der Waals surface area contributed by atoms with Crippen molar-refractivity contribution in [2.45, 2.75) is 194 Å². The first-order valence-corrected chi connectivity index (χ1v) is 18.3. The third-order valence-corrected chi connectivity index (χ3v) is 8.12. The average molecular weight is 577 g/mol. The van der Waals surface area contributed by atoms with Gasteiger partial charge in [-0.15, -0.1) is 0 Å². The molecule has 1 amide bonds. The van der Waals surface area contributed by atoms with Crippen LogP contribution in [0.15, 0.2) is 24.3 Å². The minimum Gasteiger partial charge on any atom is -0.464 e. The Morgan fingerprint density at radius 3 is 1.17 bits per heavy atom. The molecule has 0 aromatic heterocycles. The van der Waals surface area contributed by atoms with Crippen LogP contribution in [0.25, 0.3) is 0 Å². The predicted octanol–water partition coefficient (Wildman–Crippen LogP) is 12.5. The maximum Gasteiger partial charge on any atom is 0.421 e. The van der Waals surface area contributed by atoms with E-state index < -0.39 is 6.09 Å². The third-order valence-electron chi connectivity index (χ3n) is 8.12. The zero-order valence-electron chi connectivity index (χ0n) is 27.8. The Bertz CT molecular complexity index is 575. The van der Waals surface area contributed by atoms with E-state index in [1.165, 1.54) is 166 Å². The van der Waals surface area contributed by atoms with E-state index in [9.17, 15) is 9.90 Å². The molecular formula is C37H72N2O2. The van der Waals surface area contributed by atoms with Gasteiger partial charge in [0.05, 0.1) is 0 Å². The molecule has 0 radical (unpaired) electrons. The lowest BCUT2D eigenvalue weighted by molar-refractivity contribution is 0.118. The van der Waals surface area contributed by atoms with Gasteiger partial charge < -0.3 is 5.11 Å². The Hall–Kier alpha value is -1.29. The van der Waals surface area contributed by atoms with Crippen molar-refractivity contribution in [1.29, 1.82) is 0 Å². The van der Waals surface area contributed by atoms with E-state index in [2.05, 4.69) is 43.6 Å². The summed E-state index contributed by atoms with van der Waals surface area (Å²) < 4.78 is 0. The van der Waals surface area contributed by atoms with E-state index in [0.717, 1.165) is 25.8 Å². The molecule has 0 saturated carbocycles. The smallest absolute Gasteiger partial charge is 0.421 e. The van der Waals surface area contributed by atoms with E-state index in [4.69, 9.17) is 0 Å². The van der Waals surface area contributed by atoms with Gasteiger partial charge in [-0.3, -0.25) is 0 Å². The summed E-state index contributed by atoms with van der Waals surface area (Å²) in [5.41, 5.74) is 3.14. The number of hydrazine groups is 1. The Balaban J connectivity index is 3.46. The highest BCUT2D eigenvalue weighted by molar-refractivity contribution is 5.64. The van der Waals surface area contributed by atoms with Gasteiger partial charge in [-0.2, -0.15) is 0 Å². The number of carbonyl (C=O) groups is 1. The maximum absolute atomic E-state index is 11.5. The zero-order valence-corrected chi connectivity index (χ0v) is 27.8. The van der Waals surface area contributed by atoms with Crippen molar-refractivity contribution >= 4 is 6.09 Å². The Morgan fingerprint density at radius 1 is 0.488 bits per heavy atom. The fourth-order valence-electron chi connectivity index (χ4n) is 5.35. The highest BCUT2D eigenvalue weighted by Gasteiger charge is 2.09. The van der Waals surface area contributed by atoms with Gasteiger partial charge in [0.1, 0.15) is 0 Å². The molecule has 41 heavy (non-hydrogen) atoms. The van der Waals surface area contributed by atoms with Crippen molar-refractivity contribution in [2.24, 2.45) is 0 Å². The molecule has 0 atom stereocenters. The van der Waals surface area contributed by atoms with Crippen LogP contribution in [0.2, 0.25) is 0 Å². The second-order valence-electron chi connectivity index (χ2n) is 12.2. The van der Waals surface area contributed by atoms with Gasteiger partial charge in [0.25, 0.3) is 0 Å². The first kappa shape index (κ1) is 39.7. The molecule has 0 fully saturated rings. The van der Waals surface area contributed by atoms with Crippen LogP contribution in [0.5, 0.6) is 0 Å². The van der Waals surface area contributed by atoms with Crippen molar-refractivity contribution < 1.29 is 9.90 Å². The Morgan fingerprint density at radius 2 is 0.805 bits per heavy atom. The molecule has 0 spiro atoms. The molecule has 4 heteroatoms. The standard InChI is InChI=1S/C37H72N2O2/c1-3-5-7-9-11-13-15-17-19-21-23-25-27-29-31-33-35-38-39(37(40)41)36-34-32-30-28-26-24-22-20-18-16-14-12-10-8-6-4-2/h17-20,38H,3-16,21-36H2,1-2H3,(H,40,41)/b19-17-,20-18-. The number of unbranched alkanes of at least 4 members (excludes halogenated alkanes) is 24. The Labute approximate surface area is 257 Å². The minimum absolute atomic E-state index is 0.600. The van der Waals surface area contributed by atoms with E-state index in [-0.39, 0.29) is 0 Å². The van der Waals surface area contributed by atoms with Crippen LogP contribution in [-0.4, -0.2) is 29.3 Å². The normalized spacial score (nSPS) is 11.8. The summed E-state index contributed by atoms with van der Waals surface area (Å²) in [5.74, 6) is 0. The molecule has 0 saturated heterocycles. The molecule has 2 N–H and O–H groups in total. The molecule has 242 valence electrons. The van der Waals surface area contributed by atoms with Gasteiger partial charge in [0.15, 0.2) is 0 Å². The van der Waals surface area contributed by atoms with Gasteiger partial charge >= 0.3 is 6.09 Å². The molecule has 0 unspecified atom stereocenters. The summed E-state index contributed by atoms with van der Waals surface area (Å²) in [5, 5.41) is 10.9. The third kappa shape index (κ3) is 33.1. The van der Waals surface area contributed by atoms with Crippen LogP contribution in [0.3, 0.4) is 0 Å². The number of nitrogens with one attached hydrogen (secondary N) is 1. The molecule has 0 bridgehead atoms. The van der Waals surface area contributed by atoms with Crippen molar-refractivity contribution in [3.8, 4) is 0 Å². The van der Waals surface area contributed by atoms with Crippen molar-refractivity contribution in [2.75, 3.05) is 13.1 Å². The summed E-state index contributed by atoms with van der Waals surface area (Å²) in [7, 11) is 0. The first-order valence-electron chi connectivity index (χ1n) is 18.3. The highest BCUT2D eigenvalue weighted by Crippen LogP contribution is 2.12. The summed E-state index contributed by atoms with van der Waals surface area (Å²) in [4.78, 5) is 11.5. The lowest BCUT2D eigenvalue weighted by atomic mass is 10.1. The lowest BCUT2D eigenvalue weighted by Gasteiger charge is -2.20. The molecule has 0 aromatic rings. The quantitative estimate of drug-likeness (QED) is 0.0464. The highest BCUT2D eigenvalue weighted by atomic mass is 16.4. The zero-order chi connectivity index (χ0) is 29.9. The van der Waals surface area contributed by atoms with E-state index >= 15 is 0 Å². The first-order chi connectivity index (χ1) is 20.2. The Kier molecular flexibility index (Phi) is 33.8. The lowest BCUT2D eigenvalue weighted by Crippen LogP contribution is -2.43. The average Bonchev–Trinajstić information content (AvgIpc) is 2.97. The molecular weight excluding hydrogens is 504 g/mol. The summed E-state index contributed by atoms with van der Waals surface area (Å²) in [6.07, 6.45) is 44.7. The van der Waals surface area contributed by atoms with E-state index in [0.29, 0.717) is 6.54 Å². The maximum atomic E-state index is 11.5. The van der Waals surface area contributed by atoms with Gasteiger partial charge in [-0.1, -0.05) is 154 Å². The predicted molar refractivity (Wildman–Crippen MR) is 182 cm³/mol. The largest absolute Gasteiger partial charge is 0.464 e. The van der Waals surface area contributed by atoms with Crippen LogP contribution in [0, 0.1) is 0 Å². The van der Waals surface area contributed by atoms with Crippen LogP contribution in [-0.2, 0) is 0 Å². The summed E-state index contributed by atoms with van der Waals surface area (Å²) in [6, 6.07) is 0. The van der Waals surface area contributed by atoms with E-state index in [1.54, 1.807) is 0 Å². The minimum atomic E-state index is -0.845. The number of allylic oxidation sites excluding steroid dienone is 4. The van der Waals surface area contributed by atoms with Crippen LogP contribution < -0.4 is 5.43 Å². The number of rotatable bonds is 33. The van der Waals surface area contributed by atoms with Crippen molar-refractivity contribution in [1.82, 2.24) is 10.4 Å². The monoisotopic (exact) mass is 577 g/mol. The van der Waals surface area contributed by atoms with Crippen molar-refractivity contribution in [3.63, 3.8) is 0 Å². The SMILES string of the molecule is CCCCCCCC/C=C\CCCCCCCCNN(CCCCCCCC/C=C\CCCCCCCC)C(=O)O. The fraction of sp³-hybridized carbons (Fsp3) is 0.865. The topological polar surface area (TPSA) is 52.6 Å². The molecule has 0 aliphatic rings. The second-order valence-corrected chi connectivity index (χ2v) is 12.2. The van der Waals surface area contributed by atoms with E-state index in [1.807, 2.05) is 0 Å².